The monoisotopic (exact) mass is 344 g/mol. The summed E-state index contributed by atoms with van der Waals surface area (Å²) in [6.07, 6.45) is 2.04. The van der Waals surface area contributed by atoms with Crippen molar-refractivity contribution in [3.63, 3.8) is 0 Å². The average molecular weight is 344 g/mol. The number of carbonyl (C=O) groups excluding carboxylic acids is 1. The van der Waals surface area contributed by atoms with Crippen molar-refractivity contribution >= 4 is 17.7 Å². The van der Waals surface area contributed by atoms with E-state index < -0.39 is 0 Å². The summed E-state index contributed by atoms with van der Waals surface area (Å²) in [5, 5.41) is 4.68. The minimum Gasteiger partial charge on any atom is -0.461 e. The summed E-state index contributed by atoms with van der Waals surface area (Å²) in [7, 11) is 0. The number of aromatic nitrogens is 2. The number of hydrogen-bond donors (Lipinski definition) is 0. The Morgan fingerprint density at radius 3 is 3.12 bits per heavy atom. The molecule has 0 bridgehead atoms. The summed E-state index contributed by atoms with van der Waals surface area (Å²) in [5.74, 6) is 0.415. The predicted octanol–water partition coefficient (Wildman–Crippen LogP) is 3.68. The van der Waals surface area contributed by atoms with Crippen LogP contribution in [0.3, 0.4) is 0 Å². The Bertz CT molecular complexity index is 766. The fourth-order valence-corrected chi connectivity index (χ4v) is 4.44. The molecule has 126 valence electrons. The molecule has 4 rings (SSSR count). The number of esters is 1. The van der Waals surface area contributed by atoms with Gasteiger partial charge in [0, 0.05) is 28.4 Å². The highest BCUT2D eigenvalue weighted by atomic mass is 32.2. The van der Waals surface area contributed by atoms with Crippen LogP contribution < -0.4 is 0 Å². The number of rotatable bonds is 3. The molecule has 2 aliphatic rings. The minimum absolute atomic E-state index is 0.173. The highest BCUT2D eigenvalue weighted by molar-refractivity contribution is 7.98. The van der Waals surface area contributed by atoms with Gasteiger partial charge in [-0.1, -0.05) is 18.2 Å². The van der Waals surface area contributed by atoms with E-state index >= 15 is 0 Å². The zero-order valence-corrected chi connectivity index (χ0v) is 14.5. The van der Waals surface area contributed by atoms with E-state index in [4.69, 9.17) is 9.47 Å². The lowest BCUT2D eigenvalue weighted by Gasteiger charge is -2.26. The molecule has 1 aromatic carbocycles. The molecule has 0 amide bonds. The lowest BCUT2D eigenvalue weighted by atomic mass is 10.0. The van der Waals surface area contributed by atoms with E-state index in [2.05, 4.69) is 17.2 Å². The van der Waals surface area contributed by atoms with Gasteiger partial charge in [0.05, 0.1) is 24.9 Å². The van der Waals surface area contributed by atoms with Gasteiger partial charge >= 0.3 is 5.97 Å². The van der Waals surface area contributed by atoms with Gasteiger partial charge in [-0.25, -0.2) is 4.79 Å². The van der Waals surface area contributed by atoms with Gasteiger partial charge in [-0.05, 0) is 25.8 Å². The van der Waals surface area contributed by atoms with Crippen molar-refractivity contribution in [2.45, 2.75) is 36.5 Å². The maximum absolute atomic E-state index is 12.4. The van der Waals surface area contributed by atoms with Crippen LogP contribution in [-0.2, 0) is 15.2 Å². The van der Waals surface area contributed by atoms with Gasteiger partial charge in [0.25, 0.3) is 0 Å². The third kappa shape index (κ3) is 2.63. The minimum atomic E-state index is -0.329. The molecular weight excluding hydrogens is 324 g/mol. The van der Waals surface area contributed by atoms with Gasteiger partial charge in [0.2, 0.25) is 0 Å². The molecule has 24 heavy (non-hydrogen) atoms. The Hall–Kier alpha value is -1.79. The molecule has 0 radical (unpaired) electrons. The Morgan fingerprint density at radius 1 is 1.46 bits per heavy atom. The molecule has 3 heterocycles. The number of benzene rings is 1. The van der Waals surface area contributed by atoms with Crippen LogP contribution in [0.15, 0.2) is 29.2 Å². The van der Waals surface area contributed by atoms with Crippen LogP contribution in [-0.4, -0.2) is 35.6 Å². The molecule has 0 N–H and O–H groups in total. The zero-order valence-electron chi connectivity index (χ0n) is 13.7. The molecule has 0 aliphatic carbocycles. The highest BCUT2D eigenvalue weighted by Gasteiger charge is 2.32. The Morgan fingerprint density at radius 2 is 2.33 bits per heavy atom. The first kappa shape index (κ1) is 15.7. The fraction of sp³-hybridized carbons (Fsp3) is 0.444. The number of ether oxygens (including phenoxy) is 2. The standard InChI is InChI=1S/C18H20N2O3S/c1-2-23-18(21)16-14-11-24-15-8-4-3-7-13(15)17(14)20(19-16)12-6-5-9-22-10-12/h3-4,7-8,12H,2,5-6,9-11H2,1H3. The molecular formula is C18H20N2O3S. The lowest BCUT2D eigenvalue weighted by Crippen LogP contribution is -2.23. The summed E-state index contributed by atoms with van der Waals surface area (Å²) in [5.41, 5.74) is 3.66. The summed E-state index contributed by atoms with van der Waals surface area (Å²) in [4.78, 5) is 13.6. The Kier molecular flexibility index (Phi) is 4.33. The predicted molar refractivity (Wildman–Crippen MR) is 92.3 cm³/mol. The van der Waals surface area contributed by atoms with Crippen LogP contribution in [0.2, 0.25) is 0 Å². The van der Waals surface area contributed by atoms with E-state index in [1.165, 1.54) is 4.90 Å². The molecule has 0 spiro atoms. The molecule has 1 unspecified atom stereocenters. The maximum Gasteiger partial charge on any atom is 0.359 e. The Labute approximate surface area is 145 Å². The van der Waals surface area contributed by atoms with Crippen molar-refractivity contribution < 1.29 is 14.3 Å². The van der Waals surface area contributed by atoms with Gasteiger partial charge in [0.1, 0.15) is 0 Å². The molecule has 2 aromatic rings. The number of thioether (sulfide) groups is 1. The molecule has 1 aromatic heterocycles. The SMILES string of the molecule is CCOC(=O)c1nn(C2CCCOC2)c2c1CSc1ccccc1-2. The summed E-state index contributed by atoms with van der Waals surface area (Å²) >= 11 is 1.75. The van der Waals surface area contributed by atoms with Crippen LogP contribution in [0.5, 0.6) is 0 Å². The first-order valence-electron chi connectivity index (χ1n) is 8.38. The van der Waals surface area contributed by atoms with E-state index in [0.717, 1.165) is 42.0 Å². The molecule has 1 fully saturated rings. The quantitative estimate of drug-likeness (QED) is 0.795. The van der Waals surface area contributed by atoms with Crippen LogP contribution in [0.1, 0.15) is 41.9 Å². The number of nitrogens with zero attached hydrogens (tertiary/aromatic N) is 2. The van der Waals surface area contributed by atoms with Crippen molar-refractivity contribution in [3.05, 3.63) is 35.5 Å². The second-order valence-corrected chi connectivity index (χ2v) is 7.01. The third-order valence-corrected chi connectivity index (χ3v) is 5.57. The third-order valence-electron chi connectivity index (χ3n) is 4.47. The number of hydrogen-bond acceptors (Lipinski definition) is 5. The fourth-order valence-electron chi connectivity index (χ4n) is 3.37. The lowest BCUT2D eigenvalue weighted by molar-refractivity contribution is 0.0494. The molecule has 6 heteroatoms. The van der Waals surface area contributed by atoms with Crippen molar-refractivity contribution in [3.8, 4) is 11.3 Å². The summed E-state index contributed by atoms with van der Waals surface area (Å²) in [6, 6.07) is 8.49. The van der Waals surface area contributed by atoms with E-state index in [-0.39, 0.29) is 12.0 Å². The van der Waals surface area contributed by atoms with Crippen LogP contribution in [0, 0.1) is 0 Å². The van der Waals surface area contributed by atoms with Gasteiger partial charge < -0.3 is 9.47 Å². The molecule has 2 aliphatic heterocycles. The van der Waals surface area contributed by atoms with Crippen molar-refractivity contribution in [1.29, 1.82) is 0 Å². The molecule has 1 atom stereocenters. The van der Waals surface area contributed by atoms with Crippen LogP contribution >= 0.6 is 11.8 Å². The first-order chi connectivity index (χ1) is 11.8. The molecule has 5 nitrogen and oxygen atoms in total. The van der Waals surface area contributed by atoms with Crippen LogP contribution in [0.4, 0.5) is 0 Å². The largest absolute Gasteiger partial charge is 0.461 e. The smallest absolute Gasteiger partial charge is 0.359 e. The Balaban J connectivity index is 1.86. The van der Waals surface area contributed by atoms with E-state index in [9.17, 15) is 4.79 Å². The van der Waals surface area contributed by atoms with E-state index in [1.54, 1.807) is 11.8 Å². The topological polar surface area (TPSA) is 53.3 Å². The van der Waals surface area contributed by atoms with Gasteiger partial charge in [0.15, 0.2) is 5.69 Å². The van der Waals surface area contributed by atoms with Crippen LogP contribution in [0.25, 0.3) is 11.3 Å². The summed E-state index contributed by atoms with van der Waals surface area (Å²) < 4.78 is 12.9. The van der Waals surface area contributed by atoms with Crippen molar-refractivity contribution in [2.24, 2.45) is 0 Å². The van der Waals surface area contributed by atoms with Gasteiger partial charge in [-0.3, -0.25) is 4.68 Å². The molecule has 1 saturated heterocycles. The second kappa shape index (κ2) is 6.61. The van der Waals surface area contributed by atoms with Crippen molar-refractivity contribution in [1.82, 2.24) is 9.78 Å². The highest BCUT2D eigenvalue weighted by Crippen LogP contribution is 2.44. The zero-order chi connectivity index (χ0) is 16.5. The maximum atomic E-state index is 12.4. The van der Waals surface area contributed by atoms with Gasteiger partial charge in [-0.2, -0.15) is 5.10 Å². The average Bonchev–Trinajstić information content (AvgIpc) is 3.03. The van der Waals surface area contributed by atoms with E-state index in [0.29, 0.717) is 18.9 Å². The molecule has 0 saturated carbocycles. The van der Waals surface area contributed by atoms with Gasteiger partial charge in [-0.15, -0.1) is 11.8 Å². The second-order valence-electron chi connectivity index (χ2n) is 6.00. The van der Waals surface area contributed by atoms with Crippen molar-refractivity contribution in [2.75, 3.05) is 19.8 Å². The number of fused-ring (bicyclic) bond motifs is 3. The normalized spacial score (nSPS) is 19.5. The number of carbonyl (C=O) groups is 1. The van der Waals surface area contributed by atoms with E-state index in [1.807, 2.05) is 23.7 Å². The first-order valence-corrected chi connectivity index (χ1v) is 9.36. The summed E-state index contributed by atoms with van der Waals surface area (Å²) in [6.45, 7) is 3.62.